The van der Waals surface area contributed by atoms with Crippen LogP contribution in [0.3, 0.4) is 0 Å². The second kappa shape index (κ2) is 11.1. The number of rotatable bonds is 4. The van der Waals surface area contributed by atoms with Crippen LogP contribution in [0.25, 0.3) is 98.8 Å². The molecule has 0 aliphatic carbocycles. The zero-order valence-electron chi connectivity index (χ0n) is 42.4. The minimum atomic E-state index is -0.826. The molecule has 0 atom stereocenters. The molecule has 228 valence electrons. The summed E-state index contributed by atoms with van der Waals surface area (Å²) in [5.74, 6) is 0. The normalized spacial score (nSPS) is 16.5. The molecular formula is C48H30O. The maximum Gasteiger partial charge on any atom is 0.136 e. The summed E-state index contributed by atoms with van der Waals surface area (Å²) in [5.41, 5.74) is 0.859. The fourth-order valence-corrected chi connectivity index (χ4v) is 6.66. The molecule has 9 aromatic carbocycles. The molecule has 49 heavy (non-hydrogen) atoms. The third-order valence-electron chi connectivity index (χ3n) is 8.86. The van der Waals surface area contributed by atoms with Crippen molar-refractivity contribution in [2.75, 3.05) is 0 Å². The first-order valence-corrected chi connectivity index (χ1v) is 15.5. The summed E-state index contributed by atoms with van der Waals surface area (Å²) in [6, 6.07) is 11.8. The van der Waals surface area contributed by atoms with Crippen LogP contribution in [0, 0.1) is 0 Å². The van der Waals surface area contributed by atoms with Gasteiger partial charge in [0.25, 0.3) is 0 Å². The first-order chi connectivity index (χ1) is 31.4. The molecule has 10 aromatic rings. The lowest BCUT2D eigenvalue weighted by atomic mass is 9.86. The van der Waals surface area contributed by atoms with E-state index in [2.05, 4.69) is 6.07 Å². The minimum Gasteiger partial charge on any atom is -0.456 e. The van der Waals surface area contributed by atoms with Crippen molar-refractivity contribution in [2.24, 2.45) is 0 Å². The second-order valence-electron chi connectivity index (χ2n) is 11.6. The zero-order valence-corrected chi connectivity index (χ0v) is 25.4. The molecule has 0 aliphatic heterocycles. The van der Waals surface area contributed by atoms with E-state index >= 15 is 0 Å². The lowest BCUT2D eigenvalue weighted by Crippen LogP contribution is -1.90. The summed E-state index contributed by atoms with van der Waals surface area (Å²) in [4.78, 5) is 0. The molecule has 1 heterocycles. The standard InChI is InChI=1S/C48H30O/c1-2-12-33(13-3-1)47-40-16-6-8-18-42(40)48(43-19-9-7-17-41(43)47)34-23-21-31(22-24-34)35-25-27-39-44-29-36(26-28-45(44)49-46(39)30-35)38-20-10-14-32-11-4-5-15-37(32)38/h1-30H/i1D,2D,3D,6D,7D,8D,9D,12D,13D,16D,17D,18D,19D,21D,22D,23D,24D. The van der Waals surface area contributed by atoms with Gasteiger partial charge in [-0.15, -0.1) is 0 Å². The van der Waals surface area contributed by atoms with Gasteiger partial charge in [0.15, 0.2) is 0 Å². The summed E-state index contributed by atoms with van der Waals surface area (Å²) in [7, 11) is 0. The molecule has 0 fully saturated rings. The molecule has 1 heteroatoms. The van der Waals surface area contributed by atoms with Crippen LogP contribution in [0.15, 0.2) is 186 Å². The van der Waals surface area contributed by atoms with Gasteiger partial charge in [-0.25, -0.2) is 0 Å². The predicted molar refractivity (Wildman–Crippen MR) is 208 cm³/mol. The molecule has 0 aliphatic rings. The largest absolute Gasteiger partial charge is 0.456 e. The average Bonchev–Trinajstić information content (AvgIpc) is 3.68. The van der Waals surface area contributed by atoms with Crippen molar-refractivity contribution in [1.82, 2.24) is 0 Å². The van der Waals surface area contributed by atoms with Crippen LogP contribution >= 0.6 is 0 Å². The van der Waals surface area contributed by atoms with Gasteiger partial charge in [0, 0.05) is 10.8 Å². The highest BCUT2D eigenvalue weighted by Gasteiger charge is 2.17. The summed E-state index contributed by atoms with van der Waals surface area (Å²) < 4.78 is 159. The third kappa shape index (κ3) is 4.47. The van der Waals surface area contributed by atoms with Crippen LogP contribution in [0.4, 0.5) is 0 Å². The van der Waals surface area contributed by atoms with Crippen LogP contribution in [0.1, 0.15) is 23.3 Å². The Morgan fingerprint density at radius 2 is 0.939 bits per heavy atom. The molecule has 1 aromatic heterocycles. The summed E-state index contributed by atoms with van der Waals surface area (Å²) >= 11 is 0. The maximum absolute atomic E-state index is 9.50. The first-order valence-electron chi connectivity index (χ1n) is 24.0. The highest BCUT2D eigenvalue weighted by molar-refractivity contribution is 6.21. The minimum absolute atomic E-state index is 0.152. The predicted octanol–water partition coefficient (Wildman–Crippen LogP) is 13.7. The summed E-state index contributed by atoms with van der Waals surface area (Å²) in [6.07, 6.45) is 0. The van der Waals surface area contributed by atoms with E-state index in [0.29, 0.717) is 11.2 Å². The zero-order chi connectivity index (χ0) is 47.1. The molecule has 10 rings (SSSR count). The van der Waals surface area contributed by atoms with E-state index in [9.17, 15) is 11.0 Å². The summed E-state index contributed by atoms with van der Waals surface area (Å²) in [6.45, 7) is 0. The van der Waals surface area contributed by atoms with Crippen LogP contribution in [-0.2, 0) is 0 Å². The van der Waals surface area contributed by atoms with Crippen molar-refractivity contribution < 1.29 is 27.7 Å². The van der Waals surface area contributed by atoms with Crippen LogP contribution in [0.2, 0.25) is 0 Å². The van der Waals surface area contributed by atoms with Gasteiger partial charge in [0.05, 0.1) is 23.3 Å². The van der Waals surface area contributed by atoms with Crippen LogP contribution in [0.5, 0.6) is 0 Å². The average molecular weight is 640 g/mol. The van der Waals surface area contributed by atoms with E-state index in [1.165, 1.54) is 0 Å². The van der Waals surface area contributed by atoms with Gasteiger partial charge < -0.3 is 4.42 Å². The number of hydrogen-bond donors (Lipinski definition) is 0. The van der Waals surface area contributed by atoms with Crippen molar-refractivity contribution >= 4 is 54.3 Å². The molecule has 0 bridgehead atoms. The quantitative estimate of drug-likeness (QED) is 0.175. The number of furan rings is 1. The molecule has 0 spiro atoms. The van der Waals surface area contributed by atoms with E-state index in [4.69, 9.17) is 16.8 Å². The molecule has 0 N–H and O–H groups in total. The van der Waals surface area contributed by atoms with E-state index in [-0.39, 0.29) is 11.1 Å². The third-order valence-corrected chi connectivity index (χ3v) is 8.86. The molecule has 0 saturated heterocycles. The van der Waals surface area contributed by atoms with Gasteiger partial charge in [-0.1, -0.05) is 157 Å². The second-order valence-corrected chi connectivity index (χ2v) is 11.6. The van der Waals surface area contributed by atoms with Gasteiger partial charge in [-0.2, -0.15) is 0 Å². The smallest absolute Gasteiger partial charge is 0.136 e. The van der Waals surface area contributed by atoms with E-state index in [1.807, 2.05) is 54.6 Å². The molecule has 1 nitrogen and oxygen atoms in total. The Morgan fingerprint density at radius 3 is 1.65 bits per heavy atom. The van der Waals surface area contributed by atoms with Gasteiger partial charge in [-0.3, -0.25) is 0 Å². The van der Waals surface area contributed by atoms with Gasteiger partial charge in [0.1, 0.15) is 11.2 Å². The fourth-order valence-electron chi connectivity index (χ4n) is 6.66. The molecule has 0 saturated carbocycles. The number of hydrogen-bond acceptors (Lipinski definition) is 1. The van der Waals surface area contributed by atoms with Crippen molar-refractivity contribution in [3.8, 4) is 44.5 Å². The lowest BCUT2D eigenvalue weighted by molar-refractivity contribution is 0.669. The molecular weight excluding hydrogens is 593 g/mol. The van der Waals surface area contributed by atoms with E-state index in [0.717, 1.165) is 32.7 Å². The number of benzene rings is 9. The van der Waals surface area contributed by atoms with Crippen molar-refractivity contribution in [1.29, 1.82) is 0 Å². The Bertz CT molecular complexity index is 3710. The number of fused-ring (bicyclic) bond motifs is 6. The maximum atomic E-state index is 9.50. The van der Waals surface area contributed by atoms with Crippen molar-refractivity contribution in [2.45, 2.75) is 0 Å². The Morgan fingerprint density at radius 1 is 0.347 bits per heavy atom. The highest BCUT2D eigenvalue weighted by atomic mass is 16.3. The molecule has 0 unspecified atom stereocenters. The topological polar surface area (TPSA) is 13.1 Å². The fraction of sp³-hybridized carbons (Fsp3) is 0. The Hall–Kier alpha value is -6.44. The van der Waals surface area contributed by atoms with Crippen LogP contribution < -0.4 is 0 Å². The first kappa shape index (κ1) is 15.6. The van der Waals surface area contributed by atoms with E-state index in [1.54, 1.807) is 18.2 Å². The summed E-state index contributed by atoms with van der Waals surface area (Å²) in [5, 5.41) is 1.62. The van der Waals surface area contributed by atoms with E-state index < -0.39 is 147 Å². The SMILES string of the molecule is [2H]c1c([2H])c([2H])c(-c2c3c([2H])c([2H])c([2H])c([2H])c3c(-c3c([2H])c([2H])c(-c4ccc5c(c4)oc4ccc(-c6cccc7ccccc67)cc45)c([2H])c3[2H])c3c([2H])c([2H])c([2H])c([2H])c23)c([2H])c1[2H]. The molecule has 0 radical (unpaired) electrons. The highest BCUT2D eigenvalue weighted by Crippen LogP contribution is 2.44. The van der Waals surface area contributed by atoms with Gasteiger partial charge in [0.2, 0.25) is 0 Å². The Balaban J connectivity index is 1.27. The Labute approximate surface area is 308 Å². The lowest BCUT2D eigenvalue weighted by Gasteiger charge is -2.18. The van der Waals surface area contributed by atoms with Gasteiger partial charge in [-0.05, 0) is 101 Å². The monoisotopic (exact) mass is 639 g/mol. The Kier molecular flexibility index (Phi) is 3.54. The van der Waals surface area contributed by atoms with Crippen molar-refractivity contribution in [3.63, 3.8) is 0 Å². The van der Waals surface area contributed by atoms with Crippen molar-refractivity contribution in [3.05, 3.63) is 182 Å². The molecule has 0 amide bonds. The van der Waals surface area contributed by atoms with Crippen LogP contribution in [-0.4, -0.2) is 0 Å². The van der Waals surface area contributed by atoms with Gasteiger partial charge >= 0.3 is 0 Å².